The second kappa shape index (κ2) is 18.5. The zero-order chi connectivity index (χ0) is 47.3. The number of carboxylic acids is 7. The minimum atomic E-state index is -1.77. The van der Waals surface area contributed by atoms with Gasteiger partial charge in [-0.3, -0.25) is 53.3 Å². The van der Waals surface area contributed by atoms with Gasteiger partial charge in [0.05, 0.1) is 37.1 Å². The number of esters is 1. The summed E-state index contributed by atoms with van der Waals surface area (Å²) in [6.07, 6.45) is -1.51. The normalized spacial score (nSPS) is 34.5. The van der Waals surface area contributed by atoms with Crippen LogP contribution in [0.4, 0.5) is 0 Å². The molecule has 1 radical (unpaired) electrons. The van der Waals surface area contributed by atoms with Crippen molar-refractivity contribution in [2.45, 2.75) is 116 Å². The van der Waals surface area contributed by atoms with E-state index < -0.39 is 144 Å². The van der Waals surface area contributed by atoms with Gasteiger partial charge in [0, 0.05) is 71.4 Å². The molecule has 0 aromatic carbocycles. The first-order valence-electron chi connectivity index (χ1n) is 21.0. The van der Waals surface area contributed by atoms with Gasteiger partial charge in [-0.1, -0.05) is 32.9 Å². The predicted molar refractivity (Wildman–Crippen MR) is 222 cm³/mol. The van der Waals surface area contributed by atoms with Gasteiger partial charge >= 0.3 is 64.5 Å². The van der Waals surface area contributed by atoms with Gasteiger partial charge in [-0.15, -0.1) is 0 Å². The molecule has 2 fully saturated rings. The van der Waals surface area contributed by atoms with Gasteiger partial charge in [0.1, 0.15) is 11.6 Å². The third-order valence-electron chi connectivity index (χ3n) is 14.2. The van der Waals surface area contributed by atoms with Crippen LogP contribution in [0.3, 0.4) is 0 Å². The van der Waals surface area contributed by atoms with E-state index in [1.165, 1.54) is 18.2 Å². The second-order valence-corrected chi connectivity index (χ2v) is 18.2. The third kappa shape index (κ3) is 9.16. The SMILES string of the molecule is CC1OC(=O)C[C@@]2(C)[C@H](CCC(=O)O)C3=NC12C1=N/C(=C\C2=C(CCC(=O)O)C(CC(=O)O)C(=N2)/C=C2\[N-]/C(=C\3)[C@@](C)(CC(=O)O)[C@@H]2CCC(=O)O)[C@](C)(CCC(=O)O)C1CC(=O)O.[Co+2]. The Labute approximate surface area is 382 Å². The van der Waals surface area contributed by atoms with Crippen molar-refractivity contribution in [3.8, 4) is 0 Å². The van der Waals surface area contributed by atoms with Gasteiger partial charge in [0.15, 0.2) is 0 Å². The van der Waals surface area contributed by atoms with Crippen LogP contribution >= 0.6 is 0 Å². The molecule has 6 aliphatic rings. The van der Waals surface area contributed by atoms with Gasteiger partial charge in [-0.25, -0.2) is 0 Å². The molecule has 6 aliphatic heterocycles. The molecule has 4 unspecified atom stereocenters. The third-order valence-corrected chi connectivity index (χ3v) is 14.2. The maximum absolute atomic E-state index is 13.6. The van der Waals surface area contributed by atoms with E-state index in [0.717, 1.165) is 0 Å². The number of carbonyl (C=O) groups excluding carboxylic acids is 1. The van der Waals surface area contributed by atoms with E-state index in [2.05, 4.69) is 0 Å². The zero-order valence-electron chi connectivity index (χ0n) is 36.0. The van der Waals surface area contributed by atoms with Crippen molar-refractivity contribution in [2.24, 2.45) is 54.9 Å². The fourth-order valence-electron chi connectivity index (χ4n) is 11.1. The molecule has 7 N–H and O–H groups in total. The molecular weight excluding hydrogens is 899 g/mol. The number of allylic oxidation sites excluding steroid dienone is 7. The molecule has 6 heterocycles. The monoisotopic (exact) mass is 950 g/mol. The molecule has 0 saturated carbocycles. The Morgan fingerprint density at radius 3 is 1.88 bits per heavy atom. The minimum absolute atomic E-state index is 0. The maximum Gasteiger partial charge on any atom is 2.00 e. The van der Waals surface area contributed by atoms with E-state index in [1.807, 2.05) is 0 Å². The van der Waals surface area contributed by atoms with Crippen LogP contribution in [-0.4, -0.2) is 112 Å². The van der Waals surface area contributed by atoms with E-state index in [-0.39, 0.29) is 94.4 Å². The minimum Gasteiger partial charge on any atom is -0.664 e. The number of rotatable bonds is 18. The van der Waals surface area contributed by atoms with Crippen molar-refractivity contribution < 1.29 is 95.6 Å². The molecule has 20 nitrogen and oxygen atoms in total. The van der Waals surface area contributed by atoms with Crippen molar-refractivity contribution in [1.82, 2.24) is 0 Å². The summed E-state index contributed by atoms with van der Waals surface area (Å²) >= 11 is 0. The van der Waals surface area contributed by atoms with Gasteiger partial charge in [-0.2, -0.15) is 11.4 Å². The number of aliphatic imine (C=N–C) groups is 3. The number of carboxylic acid groups (broad SMARTS) is 7. The topological polar surface area (TPSA) is 339 Å². The second-order valence-electron chi connectivity index (χ2n) is 18.2. The summed E-state index contributed by atoms with van der Waals surface area (Å²) < 4.78 is 5.94. The van der Waals surface area contributed by atoms with Crippen LogP contribution in [0.25, 0.3) is 5.32 Å². The van der Waals surface area contributed by atoms with Crippen molar-refractivity contribution in [1.29, 1.82) is 0 Å². The molecule has 2 saturated heterocycles. The Kier molecular flexibility index (Phi) is 14.2. The number of hydrogen-bond acceptors (Lipinski definition) is 12. The standard InChI is InChI=1S/C44H52N4O16.Co/c1-20-44-40-25(14-37(59)60)41(2,12-11-35(55)56)30(47-40)16-27-21(5-8-32(49)50)22(13-36(57)58)26(45-27)15-28-23(6-9-33(51)52)42(3,18-38(61)62)31(46-28)17-29(48-44)24(7-10-34(53)54)43(44,4)19-39(63)64-20;/h15-17,20,22-25H,5-14,18-19H2,1-4H3,(H8,45,46,48,49,50,51,52,53,54,55,56,57,58,59,60,61,62);/q;+2/p-1/b30-16-;/t20?,22?,23-,24-,25?,41-,42+,43+,44?;/m1./s1. The van der Waals surface area contributed by atoms with E-state index in [4.69, 9.17) is 25.0 Å². The van der Waals surface area contributed by atoms with Gasteiger partial charge in [-0.05, 0) is 55.6 Å². The molecule has 1 spiro atoms. The molecule has 0 aromatic heterocycles. The Morgan fingerprint density at radius 2 is 1.31 bits per heavy atom. The van der Waals surface area contributed by atoms with Crippen molar-refractivity contribution >= 4 is 64.9 Å². The zero-order valence-corrected chi connectivity index (χ0v) is 37.1. The summed E-state index contributed by atoms with van der Waals surface area (Å²) in [5.41, 5.74) is -5.13. The molecule has 0 aromatic rings. The molecule has 351 valence electrons. The molecule has 0 amide bonds. The number of nitrogens with zero attached hydrogens (tertiary/aromatic N) is 4. The summed E-state index contributed by atoms with van der Waals surface area (Å²) in [6.45, 7) is 6.45. The molecular formula is C44H51CoN4O16+. The molecule has 6 rings (SSSR count). The molecule has 65 heavy (non-hydrogen) atoms. The summed E-state index contributed by atoms with van der Waals surface area (Å²) in [4.78, 5) is 116. The number of fused-ring (bicyclic) bond motifs is 4. The smallest absolute Gasteiger partial charge is 0.664 e. The first-order chi connectivity index (χ1) is 29.9. The Hall–Kier alpha value is -5.96. The number of aliphatic carboxylic acids is 7. The van der Waals surface area contributed by atoms with Crippen molar-refractivity contribution in [2.75, 3.05) is 0 Å². The predicted octanol–water partition coefficient (Wildman–Crippen LogP) is 5.10. The summed E-state index contributed by atoms with van der Waals surface area (Å²) in [5, 5.41) is 75.8. The van der Waals surface area contributed by atoms with E-state index in [0.29, 0.717) is 0 Å². The fraction of sp³-hybridized carbons (Fsp3) is 0.568. The van der Waals surface area contributed by atoms with E-state index in [9.17, 15) is 74.1 Å². The maximum atomic E-state index is 13.6. The fourth-order valence-corrected chi connectivity index (χ4v) is 11.1. The van der Waals surface area contributed by atoms with Crippen molar-refractivity contribution in [3.63, 3.8) is 0 Å². The van der Waals surface area contributed by atoms with Crippen LogP contribution in [0.1, 0.15) is 105 Å². The van der Waals surface area contributed by atoms with Crippen LogP contribution < -0.4 is 0 Å². The van der Waals surface area contributed by atoms with Gasteiger partial charge < -0.3 is 45.8 Å². The summed E-state index contributed by atoms with van der Waals surface area (Å²) in [7, 11) is 0. The van der Waals surface area contributed by atoms with E-state index >= 15 is 0 Å². The first-order valence-corrected chi connectivity index (χ1v) is 21.0. The van der Waals surface area contributed by atoms with E-state index in [1.54, 1.807) is 27.7 Å². The molecule has 8 bridgehead atoms. The average molecular weight is 951 g/mol. The number of hydrogen-bond donors (Lipinski definition) is 7. The van der Waals surface area contributed by atoms with Crippen LogP contribution in [0.5, 0.6) is 0 Å². The summed E-state index contributed by atoms with van der Waals surface area (Å²) in [6, 6.07) is 0. The largest absolute Gasteiger partial charge is 2.00 e. The Morgan fingerprint density at radius 1 is 0.708 bits per heavy atom. The number of carbonyl (C=O) groups is 8. The van der Waals surface area contributed by atoms with Crippen LogP contribution in [0.15, 0.2) is 61.6 Å². The molecule has 21 heteroatoms. The van der Waals surface area contributed by atoms with Crippen LogP contribution in [0.2, 0.25) is 0 Å². The van der Waals surface area contributed by atoms with Crippen LogP contribution in [-0.2, 0) is 59.9 Å². The molecule has 9 atom stereocenters. The van der Waals surface area contributed by atoms with Crippen molar-refractivity contribution in [3.05, 3.63) is 51.9 Å². The quantitative estimate of drug-likeness (QED) is 0.0879. The molecule has 0 aliphatic carbocycles. The average Bonchev–Trinajstić information content (AvgIpc) is 3.78. The Bertz CT molecular complexity index is 2350. The Balaban J connectivity index is 0.00000793. The number of cyclic esters (lactones) is 1. The van der Waals surface area contributed by atoms with Gasteiger partial charge in [0.2, 0.25) is 0 Å². The summed E-state index contributed by atoms with van der Waals surface area (Å²) in [5.74, 6) is -13.5. The number of ether oxygens (including phenoxy) is 1. The van der Waals surface area contributed by atoms with Crippen LogP contribution in [0, 0.1) is 39.9 Å². The van der Waals surface area contributed by atoms with Gasteiger partial charge in [0.25, 0.3) is 0 Å². The first kappa shape index (κ1) is 50.0.